The lowest BCUT2D eigenvalue weighted by Gasteiger charge is -2.23. The molecule has 3 nitrogen and oxygen atoms in total. The van der Waals surface area contributed by atoms with Crippen molar-refractivity contribution in [3.05, 3.63) is 29.8 Å². The molecule has 1 rings (SSSR count). The zero-order chi connectivity index (χ0) is 14.7. The van der Waals surface area contributed by atoms with E-state index < -0.39 is 23.2 Å². The first-order valence-corrected chi connectivity index (χ1v) is 5.94. The minimum absolute atomic E-state index is 0.0904. The highest BCUT2D eigenvalue weighted by Gasteiger charge is 2.31. The second-order valence-electron chi connectivity index (χ2n) is 4.70. The van der Waals surface area contributed by atoms with Gasteiger partial charge in [0.05, 0.1) is 11.1 Å². The number of hydrogen-bond donors (Lipinski definition) is 2. The Morgan fingerprint density at radius 2 is 2.00 bits per heavy atom. The summed E-state index contributed by atoms with van der Waals surface area (Å²) < 4.78 is 37.6. The molecule has 0 saturated carbocycles. The van der Waals surface area contributed by atoms with Crippen LogP contribution in [0.2, 0.25) is 0 Å². The molecule has 0 heterocycles. The smallest absolute Gasteiger partial charge is 0.324 e. The van der Waals surface area contributed by atoms with Crippen LogP contribution in [0.3, 0.4) is 0 Å². The lowest BCUT2D eigenvalue weighted by molar-refractivity contribution is -0.137. The van der Waals surface area contributed by atoms with Crippen LogP contribution in [0.5, 0.6) is 0 Å². The predicted octanol–water partition coefficient (Wildman–Crippen LogP) is 3.16. The average molecular weight is 274 g/mol. The number of rotatable bonds is 4. The van der Waals surface area contributed by atoms with E-state index in [1.54, 1.807) is 6.92 Å². The number of carbonyl (C=O) groups is 1. The average Bonchev–Trinajstić information content (AvgIpc) is 2.28. The van der Waals surface area contributed by atoms with Gasteiger partial charge in [-0.25, -0.2) is 0 Å². The fraction of sp³-hybridized carbons (Fsp3) is 0.462. The first-order valence-electron chi connectivity index (χ1n) is 5.94. The van der Waals surface area contributed by atoms with E-state index >= 15 is 0 Å². The number of halogens is 3. The van der Waals surface area contributed by atoms with E-state index in [1.807, 2.05) is 6.92 Å². The molecule has 0 bridgehead atoms. The molecule has 0 aromatic heterocycles. The van der Waals surface area contributed by atoms with Gasteiger partial charge in [-0.15, -0.1) is 0 Å². The van der Waals surface area contributed by atoms with Crippen molar-refractivity contribution in [2.75, 3.05) is 5.32 Å². The molecule has 0 fully saturated rings. The summed E-state index contributed by atoms with van der Waals surface area (Å²) >= 11 is 0. The molecule has 1 aromatic carbocycles. The molecule has 1 unspecified atom stereocenters. The Hall–Kier alpha value is -1.56. The first kappa shape index (κ1) is 15.5. The van der Waals surface area contributed by atoms with Gasteiger partial charge in [-0.3, -0.25) is 4.79 Å². The molecular weight excluding hydrogens is 257 g/mol. The number of carbonyl (C=O) groups excluding carboxylic acids is 1. The molecule has 0 aliphatic carbocycles. The molecule has 3 N–H and O–H groups in total. The second-order valence-corrected chi connectivity index (χ2v) is 4.70. The number of nitrogens with two attached hydrogens (primary N) is 1. The van der Waals surface area contributed by atoms with Crippen molar-refractivity contribution in [3.63, 3.8) is 0 Å². The summed E-state index contributed by atoms with van der Waals surface area (Å²) in [6, 6.07) is 4.48. The van der Waals surface area contributed by atoms with Crippen LogP contribution in [-0.2, 0) is 11.0 Å². The van der Waals surface area contributed by atoms with Crippen LogP contribution in [0.15, 0.2) is 24.3 Å². The fourth-order valence-electron chi connectivity index (χ4n) is 1.68. The van der Waals surface area contributed by atoms with Gasteiger partial charge < -0.3 is 11.1 Å². The monoisotopic (exact) mass is 274 g/mol. The van der Waals surface area contributed by atoms with Gasteiger partial charge in [0, 0.05) is 5.69 Å². The molecule has 0 spiro atoms. The number of hydrogen-bond acceptors (Lipinski definition) is 2. The van der Waals surface area contributed by atoms with Gasteiger partial charge >= 0.3 is 6.18 Å². The summed E-state index contributed by atoms with van der Waals surface area (Å²) in [4.78, 5) is 11.9. The van der Waals surface area contributed by atoms with Gasteiger partial charge in [-0.2, -0.15) is 13.2 Å². The van der Waals surface area contributed by atoms with Crippen LogP contribution in [0.4, 0.5) is 18.9 Å². The van der Waals surface area contributed by atoms with Crippen LogP contribution in [-0.4, -0.2) is 11.4 Å². The molecular formula is C13H17F3N2O. The Labute approximate surface area is 110 Å². The van der Waals surface area contributed by atoms with Crippen LogP contribution in [0, 0.1) is 0 Å². The Balaban J connectivity index is 2.86. The van der Waals surface area contributed by atoms with Crippen molar-refractivity contribution in [2.24, 2.45) is 5.73 Å². The molecule has 0 radical (unpaired) electrons. The third-order valence-corrected chi connectivity index (χ3v) is 2.74. The minimum atomic E-state index is -4.43. The van der Waals surface area contributed by atoms with Gasteiger partial charge in [-0.05, 0) is 31.5 Å². The highest BCUT2D eigenvalue weighted by molar-refractivity contribution is 5.97. The molecule has 1 aromatic rings. The second kappa shape index (κ2) is 5.61. The molecule has 0 saturated heterocycles. The molecule has 1 atom stereocenters. The van der Waals surface area contributed by atoms with Crippen molar-refractivity contribution in [2.45, 2.75) is 38.4 Å². The standard InChI is InChI=1S/C13H17F3N2O/c1-3-7-12(2,17)11(19)18-10-6-4-5-9(8-10)13(14,15)16/h4-6,8H,3,7,17H2,1-2H3,(H,18,19). The quantitative estimate of drug-likeness (QED) is 0.886. The summed E-state index contributed by atoms with van der Waals surface area (Å²) in [5, 5.41) is 2.42. The van der Waals surface area contributed by atoms with Crippen molar-refractivity contribution in [1.29, 1.82) is 0 Å². The molecule has 106 valence electrons. The van der Waals surface area contributed by atoms with E-state index in [9.17, 15) is 18.0 Å². The summed E-state index contributed by atoms with van der Waals surface area (Å²) in [5.41, 5.74) is 4.00. The number of nitrogens with one attached hydrogen (secondary N) is 1. The van der Waals surface area contributed by atoms with Crippen molar-refractivity contribution in [3.8, 4) is 0 Å². The van der Waals surface area contributed by atoms with E-state index in [0.717, 1.165) is 12.1 Å². The van der Waals surface area contributed by atoms with Gasteiger partial charge in [0.1, 0.15) is 0 Å². The topological polar surface area (TPSA) is 55.1 Å². The number of amides is 1. The SMILES string of the molecule is CCCC(C)(N)C(=O)Nc1cccc(C(F)(F)F)c1. The Kier molecular flexibility index (Phi) is 4.57. The van der Waals surface area contributed by atoms with Gasteiger partial charge in [0.2, 0.25) is 5.91 Å². The Morgan fingerprint density at radius 1 is 1.37 bits per heavy atom. The largest absolute Gasteiger partial charge is 0.416 e. The third kappa shape index (κ3) is 4.24. The number of benzene rings is 1. The van der Waals surface area contributed by atoms with Gasteiger partial charge in [0.25, 0.3) is 0 Å². The molecule has 19 heavy (non-hydrogen) atoms. The van der Waals surface area contributed by atoms with Crippen molar-refractivity contribution < 1.29 is 18.0 Å². The maximum Gasteiger partial charge on any atom is 0.416 e. The van der Waals surface area contributed by atoms with Gasteiger partial charge in [0.15, 0.2) is 0 Å². The van der Waals surface area contributed by atoms with E-state index in [1.165, 1.54) is 12.1 Å². The third-order valence-electron chi connectivity index (χ3n) is 2.74. The molecule has 0 aliphatic rings. The number of alkyl halides is 3. The predicted molar refractivity (Wildman–Crippen MR) is 67.6 cm³/mol. The van der Waals surface area contributed by atoms with Gasteiger partial charge in [-0.1, -0.05) is 19.4 Å². The van der Waals surface area contributed by atoms with Crippen LogP contribution in [0.1, 0.15) is 32.3 Å². The Bertz CT molecular complexity index is 455. The highest BCUT2D eigenvalue weighted by Crippen LogP contribution is 2.30. The van der Waals surface area contributed by atoms with Crippen LogP contribution < -0.4 is 11.1 Å². The molecule has 6 heteroatoms. The zero-order valence-electron chi connectivity index (χ0n) is 10.8. The lowest BCUT2D eigenvalue weighted by atomic mass is 9.96. The fourth-order valence-corrected chi connectivity index (χ4v) is 1.68. The van der Waals surface area contributed by atoms with Crippen molar-refractivity contribution >= 4 is 11.6 Å². The first-order chi connectivity index (χ1) is 8.66. The highest BCUT2D eigenvalue weighted by atomic mass is 19.4. The summed E-state index contributed by atoms with van der Waals surface area (Å²) in [7, 11) is 0. The van der Waals surface area contributed by atoms with Crippen molar-refractivity contribution in [1.82, 2.24) is 0 Å². The normalized spacial score (nSPS) is 14.8. The van der Waals surface area contributed by atoms with Crippen LogP contribution in [0.25, 0.3) is 0 Å². The number of anilines is 1. The lowest BCUT2D eigenvalue weighted by Crippen LogP contribution is -2.48. The summed E-state index contributed by atoms with van der Waals surface area (Å²) in [6.07, 6.45) is -3.27. The maximum atomic E-state index is 12.5. The summed E-state index contributed by atoms with van der Waals surface area (Å²) in [6.45, 7) is 3.43. The van der Waals surface area contributed by atoms with E-state index in [2.05, 4.69) is 5.32 Å². The zero-order valence-corrected chi connectivity index (χ0v) is 10.8. The Morgan fingerprint density at radius 3 is 2.53 bits per heavy atom. The van der Waals surface area contributed by atoms with E-state index in [-0.39, 0.29) is 5.69 Å². The van der Waals surface area contributed by atoms with E-state index in [0.29, 0.717) is 12.8 Å². The maximum absolute atomic E-state index is 12.5. The van der Waals surface area contributed by atoms with E-state index in [4.69, 9.17) is 5.73 Å². The molecule has 1 amide bonds. The molecule has 0 aliphatic heterocycles. The van der Waals surface area contributed by atoms with Crippen LogP contribution >= 0.6 is 0 Å². The minimum Gasteiger partial charge on any atom is -0.324 e. The summed E-state index contributed by atoms with van der Waals surface area (Å²) in [5.74, 6) is -0.492.